The Balaban J connectivity index is 1.80. The zero-order valence-corrected chi connectivity index (χ0v) is 13.4. The first-order valence-corrected chi connectivity index (χ1v) is 7.80. The predicted octanol–water partition coefficient (Wildman–Crippen LogP) is 1.61. The van der Waals surface area contributed by atoms with E-state index in [4.69, 9.17) is 4.52 Å². The first-order chi connectivity index (χ1) is 10.5. The minimum absolute atomic E-state index is 0.0502. The quantitative estimate of drug-likeness (QED) is 0.835. The smallest absolute Gasteiger partial charge is 0.315 e. The van der Waals surface area contributed by atoms with Gasteiger partial charge in [-0.25, -0.2) is 4.79 Å². The molecule has 7 nitrogen and oxygen atoms in total. The van der Waals surface area contributed by atoms with Crippen LogP contribution in [0.3, 0.4) is 0 Å². The van der Waals surface area contributed by atoms with Gasteiger partial charge in [-0.2, -0.15) is 0 Å². The van der Waals surface area contributed by atoms with E-state index in [2.05, 4.69) is 29.6 Å². The number of aromatic nitrogens is 1. The Labute approximate surface area is 130 Å². The Bertz CT molecular complexity index is 525. The number of carbonyl (C=O) groups excluding carboxylic acids is 2. The average Bonchev–Trinajstić information content (AvgIpc) is 3.09. The molecule has 2 heterocycles. The van der Waals surface area contributed by atoms with E-state index in [9.17, 15) is 9.59 Å². The summed E-state index contributed by atoms with van der Waals surface area (Å²) in [5.41, 5.74) is 0.926. The summed E-state index contributed by atoms with van der Waals surface area (Å²) in [5.74, 6) is 0.954. The highest BCUT2D eigenvalue weighted by Crippen LogP contribution is 2.22. The summed E-state index contributed by atoms with van der Waals surface area (Å²) < 4.78 is 5.24. The third-order valence-corrected chi connectivity index (χ3v) is 4.14. The van der Waals surface area contributed by atoms with Crippen LogP contribution in [0.4, 0.5) is 4.79 Å². The third kappa shape index (κ3) is 3.78. The first-order valence-electron chi connectivity index (χ1n) is 7.80. The van der Waals surface area contributed by atoms with Crippen molar-refractivity contribution in [1.82, 2.24) is 20.7 Å². The monoisotopic (exact) mass is 308 g/mol. The molecule has 1 fully saturated rings. The number of urea groups is 1. The van der Waals surface area contributed by atoms with Crippen molar-refractivity contribution in [3.8, 4) is 0 Å². The molecule has 1 atom stereocenters. The number of hydrogen-bond donors (Lipinski definition) is 2. The number of rotatable bonds is 6. The lowest BCUT2D eigenvalue weighted by atomic mass is 9.99. The number of amides is 3. The fourth-order valence-corrected chi connectivity index (χ4v) is 2.64. The lowest BCUT2D eigenvalue weighted by Crippen LogP contribution is -2.45. The molecule has 2 N–H and O–H groups in total. The number of likely N-dealkylation sites (N-methyl/N-ethyl adjacent to an activating group) is 1. The van der Waals surface area contributed by atoms with Gasteiger partial charge < -0.3 is 20.1 Å². The molecule has 0 aromatic carbocycles. The molecule has 1 aromatic rings. The van der Waals surface area contributed by atoms with Crippen LogP contribution in [0.1, 0.15) is 50.5 Å². The molecule has 1 aliphatic heterocycles. The van der Waals surface area contributed by atoms with Gasteiger partial charge >= 0.3 is 6.03 Å². The predicted molar refractivity (Wildman–Crippen MR) is 81.2 cm³/mol. The molecule has 1 saturated heterocycles. The molecule has 0 saturated carbocycles. The second kappa shape index (κ2) is 7.29. The maximum atomic E-state index is 11.8. The van der Waals surface area contributed by atoms with Crippen LogP contribution in [0.5, 0.6) is 0 Å². The highest BCUT2D eigenvalue weighted by Gasteiger charge is 2.30. The standard InChI is InChI=1S/C15H24N4O3/c1-4-10(5-2)13-8-11(22-18-13)9-16-15(21)17-12-6-7-19(3)14(12)20/h8,10,12H,4-7,9H2,1-3H3,(H2,16,17,21)/t12-/m1/s1. The fourth-order valence-electron chi connectivity index (χ4n) is 2.64. The van der Waals surface area contributed by atoms with Gasteiger partial charge in [0.2, 0.25) is 5.91 Å². The second-order valence-corrected chi connectivity index (χ2v) is 5.66. The summed E-state index contributed by atoms with van der Waals surface area (Å²) in [6.45, 7) is 5.16. The van der Waals surface area contributed by atoms with Gasteiger partial charge in [-0.05, 0) is 19.3 Å². The summed E-state index contributed by atoms with van der Waals surface area (Å²) in [4.78, 5) is 25.2. The zero-order valence-electron chi connectivity index (χ0n) is 13.4. The van der Waals surface area contributed by atoms with Crippen LogP contribution < -0.4 is 10.6 Å². The van der Waals surface area contributed by atoms with Crippen LogP contribution in [0.15, 0.2) is 10.6 Å². The number of nitrogens with zero attached hydrogens (tertiary/aromatic N) is 2. The molecule has 0 spiro atoms. The molecule has 1 aliphatic rings. The van der Waals surface area contributed by atoms with Gasteiger partial charge in [-0.15, -0.1) is 0 Å². The molecular weight excluding hydrogens is 284 g/mol. The average molecular weight is 308 g/mol. The van der Waals surface area contributed by atoms with Crippen molar-refractivity contribution in [3.05, 3.63) is 17.5 Å². The Kier molecular flexibility index (Phi) is 5.41. The normalized spacial score (nSPS) is 18.1. The Morgan fingerprint density at radius 3 is 2.82 bits per heavy atom. The summed E-state index contributed by atoms with van der Waals surface area (Å²) in [6.07, 6.45) is 2.66. The zero-order chi connectivity index (χ0) is 16.1. The number of likely N-dealkylation sites (tertiary alicyclic amines) is 1. The maximum Gasteiger partial charge on any atom is 0.315 e. The van der Waals surface area contributed by atoms with Crippen molar-refractivity contribution >= 4 is 11.9 Å². The maximum absolute atomic E-state index is 11.8. The number of nitrogens with one attached hydrogen (secondary N) is 2. The highest BCUT2D eigenvalue weighted by molar-refractivity contribution is 5.88. The molecule has 122 valence electrons. The van der Waals surface area contributed by atoms with Gasteiger partial charge in [0, 0.05) is 25.6 Å². The largest absolute Gasteiger partial charge is 0.359 e. The van der Waals surface area contributed by atoms with E-state index in [1.165, 1.54) is 0 Å². The number of carbonyl (C=O) groups is 2. The van der Waals surface area contributed by atoms with Crippen LogP contribution in [0.2, 0.25) is 0 Å². The summed E-state index contributed by atoms with van der Waals surface area (Å²) in [5, 5.41) is 9.43. The van der Waals surface area contributed by atoms with Gasteiger partial charge in [0.15, 0.2) is 5.76 Å². The highest BCUT2D eigenvalue weighted by atomic mass is 16.5. The van der Waals surface area contributed by atoms with Crippen molar-refractivity contribution in [1.29, 1.82) is 0 Å². The Hall–Kier alpha value is -2.05. The van der Waals surface area contributed by atoms with E-state index >= 15 is 0 Å². The van der Waals surface area contributed by atoms with E-state index < -0.39 is 6.04 Å². The fraction of sp³-hybridized carbons (Fsp3) is 0.667. The molecule has 0 aliphatic carbocycles. The molecule has 7 heteroatoms. The molecule has 0 radical (unpaired) electrons. The summed E-state index contributed by atoms with van der Waals surface area (Å²) >= 11 is 0. The lowest BCUT2D eigenvalue weighted by molar-refractivity contribution is -0.128. The van der Waals surface area contributed by atoms with Gasteiger partial charge in [0.1, 0.15) is 6.04 Å². The van der Waals surface area contributed by atoms with Crippen LogP contribution in [-0.2, 0) is 11.3 Å². The molecule has 1 aromatic heterocycles. The minimum atomic E-state index is -0.431. The van der Waals surface area contributed by atoms with Crippen LogP contribution in [-0.4, -0.2) is 41.6 Å². The van der Waals surface area contributed by atoms with E-state index in [1.807, 2.05) is 6.07 Å². The van der Waals surface area contributed by atoms with Crippen molar-refractivity contribution in [3.63, 3.8) is 0 Å². The lowest BCUT2D eigenvalue weighted by Gasteiger charge is -2.12. The van der Waals surface area contributed by atoms with Crippen molar-refractivity contribution < 1.29 is 14.1 Å². The third-order valence-electron chi connectivity index (χ3n) is 4.14. The van der Waals surface area contributed by atoms with Crippen LogP contribution in [0, 0.1) is 0 Å². The van der Waals surface area contributed by atoms with Gasteiger partial charge in [-0.3, -0.25) is 4.79 Å². The van der Waals surface area contributed by atoms with E-state index in [0.29, 0.717) is 24.6 Å². The van der Waals surface area contributed by atoms with Crippen molar-refractivity contribution in [2.24, 2.45) is 0 Å². The topological polar surface area (TPSA) is 87.5 Å². The second-order valence-electron chi connectivity index (χ2n) is 5.66. The van der Waals surface area contributed by atoms with E-state index in [-0.39, 0.29) is 18.5 Å². The van der Waals surface area contributed by atoms with Gasteiger partial charge in [0.05, 0.1) is 12.2 Å². The van der Waals surface area contributed by atoms with Crippen LogP contribution in [0.25, 0.3) is 0 Å². The van der Waals surface area contributed by atoms with E-state index in [0.717, 1.165) is 18.5 Å². The molecular formula is C15H24N4O3. The van der Waals surface area contributed by atoms with Gasteiger partial charge in [-0.1, -0.05) is 19.0 Å². The molecule has 0 unspecified atom stereocenters. The summed E-state index contributed by atoms with van der Waals surface area (Å²) in [6, 6.07) is 1.08. The Morgan fingerprint density at radius 2 is 2.23 bits per heavy atom. The first kappa shape index (κ1) is 16.3. The SMILES string of the molecule is CCC(CC)c1cc(CNC(=O)N[C@@H]2CCN(C)C2=O)on1. The van der Waals surface area contributed by atoms with Crippen molar-refractivity contribution in [2.45, 2.75) is 51.6 Å². The Morgan fingerprint density at radius 1 is 1.50 bits per heavy atom. The van der Waals surface area contributed by atoms with Gasteiger partial charge in [0.25, 0.3) is 0 Å². The number of hydrogen-bond acceptors (Lipinski definition) is 4. The molecule has 3 amide bonds. The van der Waals surface area contributed by atoms with Crippen LogP contribution >= 0.6 is 0 Å². The van der Waals surface area contributed by atoms with Crippen molar-refractivity contribution in [2.75, 3.05) is 13.6 Å². The van der Waals surface area contributed by atoms with E-state index in [1.54, 1.807) is 11.9 Å². The molecule has 22 heavy (non-hydrogen) atoms. The molecule has 0 bridgehead atoms. The summed E-state index contributed by atoms with van der Waals surface area (Å²) in [7, 11) is 1.73. The molecule has 2 rings (SSSR count). The minimum Gasteiger partial charge on any atom is -0.359 e.